The van der Waals surface area contributed by atoms with Crippen molar-refractivity contribution >= 4 is 16.9 Å². The molecule has 0 heterocycles. The molecule has 13 heavy (non-hydrogen) atoms. The van der Waals surface area contributed by atoms with Crippen molar-refractivity contribution in [3.05, 3.63) is 0 Å². The normalized spacial score (nSPS) is 15.9. The van der Waals surface area contributed by atoms with Gasteiger partial charge in [0, 0.05) is 26.5 Å². The van der Waals surface area contributed by atoms with Crippen molar-refractivity contribution in [3.63, 3.8) is 0 Å². The van der Waals surface area contributed by atoms with Crippen LogP contribution in [0.15, 0.2) is 0 Å². The van der Waals surface area contributed by atoms with Gasteiger partial charge < -0.3 is 13.3 Å². The van der Waals surface area contributed by atoms with Gasteiger partial charge in [0.1, 0.15) is 0 Å². The van der Waals surface area contributed by atoms with Gasteiger partial charge in [0.2, 0.25) is 0 Å². The van der Waals surface area contributed by atoms with Crippen molar-refractivity contribution in [2.24, 2.45) is 0 Å². The molecule has 0 aliphatic rings. The van der Waals surface area contributed by atoms with Crippen LogP contribution in [0.4, 0.5) is 0 Å². The van der Waals surface area contributed by atoms with Gasteiger partial charge in [0.05, 0.1) is 0 Å². The van der Waals surface area contributed by atoms with Gasteiger partial charge in [-0.25, -0.2) is 0 Å². The first-order valence-corrected chi connectivity index (χ1v) is 9.87. The first-order chi connectivity index (χ1) is 5.84. The van der Waals surface area contributed by atoms with Crippen molar-refractivity contribution in [1.29, 1.82) is 0 Å². The molecule has 1 atom stereocenters. The summed E-state index contributed by atoms with van der Waals surface area (Å²) in [5.41, 5.74) is 0. The molecule has 0 aliphatic carbocycles. The average molecular weight is 222 g/mol. The summed E-state index contributed by atoms with van der Waals surface area (Å²) in [5, 5.41) is 0.417. The fourth-order valence-corrected chi connectivity index (χ4v) is 8.58. The summed E-state index contributed by atoms with van der Waals surface area (Å²) in [4.78, 5) is 0. The fourth-order valence-electron chi connectivity index (χ4n) is 1.25. The Balaban J connectivity index is 4.64. The Morgan fingerprint density at radius 2 is 1.23 bits per heavy atom. The van der Waals surface area contributed by atoms with E-state index in [1.807, 2.05) is 0 Å². The lowest BCUT2D eigenvalue weighted by Crippen LogP contribution is -2.52. The maximum absolute atomic E-state index is 5.56. The van der Waals surface area contributed by atoms with E-state index in [0.29, 0.717) is 5.16 Å². The number of hydrogen-bond donors (Lipinski definition) is 0. The Kier molecular flexibility index (Phi) is 4.81. The van der Waals surface area contributed by atoms with E-state index in [0.717, 1.165) is 0 Å². The Morgan fingerprint density at radius 1 is 0.846 bits per heavy atom. The van der Waals surface area contributed by atoms with Crippen LogP contribution in [0.3, 0.4) is 0 Å². The third-order valence-electron chi connectivity index (χ3n) is 3.17. The molecule has 0 saturated heterocycles. The molecular formula is C8H22O3Si2. The van der Waals surface area contributed by atoms with Crippen molar-refractivity contribution in [3.8, 4) is 0 Å². The molecule has 3 nitrogen and oxygen atoms in total. The van der Waals surface area contributed by atoms with Crippen LogP contribution in [-0.4, -0.2) is 38.2 Å². The van der Waals surface area contributed by atoms with E-state index < -0.39 is 16.9 Å². The lowest BCUT2D eigenvalue weighted by Gasteiger charge is -2.37. The van der Waals surface area contributed by atoms with Crippen molar-refractivity contribution in [2.75, 3.05) is 21.3 Å². The molecule has 0 rings (SSSR count). The third kappa shape index (κ3) is 2.88. The van der Waals surface area contributed by atoms with E-state index >= 15 is 0 Å². The van der Waals surface area contributed by atoms with Gasteiger partial charge in [0.15, 0.2) is 8.32 Å². The van der Waals surface area contributed by atoms with Crippen LogP contribution in [0.25, 0.3) is 0 Å². The molecular weight excluding hydrogens is 200 g/mol. The highest BCUT2D eigenvalue weighted by atomic mass is 28.4. The van der Waals surface area contributed by atoms with Gasteiger partial charge >= 0.3 is 8.56 Å². The molecule has 0 aliphatic heterocycles. The number of hydrogen-bond acceptors (Lipinski definition) is 3. The van der Waals surface area contributed by atoms with Crippen molar-refractivity contribution in [1.82, 2.24) is 0 Å². The summed E-state index contributed by atoms with van der Waals surface area (Å²) in [6.45, 7) is 8.66. The van der Waals surface area contributed by atoms with E-state index in [1.54, 1.807) is 21.3 Å². The van der Waals surface area contributed by atoms with Gasteiger partial charge in [-0.1, -0.05) is 6.92 Å². The third-order valence-corrected chi connectivity index (χ3v) is 13.2. The zero-order valence-electron chi connectivity index (χ0n) is 9.80. The van der Waals surface area contributed by atoms with Gasteiger partial charge in [-0.15, -0.1) is 0 Å². The van der Waals surface area contributed by atoms with E-state index in [2.05, 4.69) is 26.6 Å². The summed E-state index contributed by atoms with van der Waals surface area (Å²) in [5.74, 6) is 0. The monoisotopic (exact) mass is 222 g/mol. The lowest BCUT2D eigenvalue weighted by molar-refractivity contribution is 0.242. The summed E-state index contributed by atoms with van der Waals surface area (Å²) in [6, 6.07) is 0. The summed E-state index contributed by atoms with van der Waals surface area (Å²) in [7, 11) is 1.57. The van der Waals surface area contributed by atoms with Crippen LogP contribution >= 0.6 is 0 Å². The smallest absolute Gasteiger partial charge is 0.336 e. The molecule has 0 aromatic carbocycles. The lowest BCUT2D eigenvalue weighted by atomic mass is 10.9. The van der Waals surface area contributed by atoms with E-state index in [-0.39, 0.29) is 0 Å². The largest absolute Gasteiger partial charge is 0.420 e. The fraction of sp³-hybridized carbons (Fsp3) is 1.00. The Bertz CT molecular complexity index is 157. The molecule has 5 heteroatoms. The molecule has 0 saturated carbocycles. The van der Waals surface area contributed by atoms with Crippen LogP contribution in [0.2, 0.25) is 24.8 Å². The highest BCUT2D eigenvalue weighted by Crippen LogP contribution is 2.32. The van der Waals surface area contributed by atoms with Gasteiger partial charge in [0.25, 0.3) is 0 Å². The molecule has 0 spiro atoms. The first kappa shape index (κ1) is 13.3. The van der Waals surface area contributed by atoms with Crippen molar-refractivity contribution < 1.29 is 13.3 Å². The second kappa shape index (κ2) is 4.70. The van der Waals surface area contributed by atoms with Gasteiger partial charge in [-0.3, -0.25) is 0 Å². The van der Waals surface area contributed by atoms with Crippen LogP contribution in [0, 0.1) is 0 Å². The Morgan fingerprint density at radius 3 is 1.46 bits per heavy atom. The number of rotatable bonds is 5. The van der Waals surface area contributed by atoms with Crippen LogP contribution in [0.5, 0.6) is 0 Å². The molecule has 0 amide bonds. The minimum atomic E-state index is -2.02. The van der Waals surface area contributed by atoms with Gasteiger partial charge in [-0.2, -0.15) is 0 Å². The highest BCUT2D eigenvalue weighted by molar-refractivity contribution is 6.89. The zero-order chi connectivity index (χ0) is 10.7. The highest BCUT2D eigenvalue weighted by Gasteiger charge is 2.47. The maximum atomic E-state index is 5.56. The predicted octanol–water partition coefficient (Wildman–Crippen LogP) is 2.13. The van der Waals surface area contributed by atoms with Crippen molar-refractivity contribution in [2.45, 2.75) is 31.7 Å². The summed E-state index contributed by atoms with van der Waals surface area (Å²) >= 11 is 0. The Labute approximate surface area is 83.8 Å². The SMILES string of the molecule is CO[Si](C)(C)C(C)[Si](C)(OC)OC. The quantitative estimate of drug-likeness (QED) is 0.667. The van der Waals surface area contributed by atoms with Gasteiger partial charge in [-0.05, 0) is 19.6 Å². The second-order valence-corrected chi connectivity index (χ2v) is 12.7. The second-order valence-electron chi connectivity index (χ2n) is 3.95. The first-order valence-electron chi connectivity index (χ1n) is 4.49. The predicted molar refractivity (Wildman–Crippen MR) is 59.6 cm³/mol. The van der Waals surface area contributed by atoms with E-state index in [4.69, 9.17) is 13.3 Å². The minimum Gasteiger partial charge on any atom is -0.420 e. The van der Waals surface area contributed by atoms with Crippen LogP contribution in [-0.2, 0) is 13.3 Å². The zero-order valence-corrected chi connectivity index (χ0v) is 11.8. The molecule has 1 unspecified atom stereocenters. The summed E-state index contributed by atoms with van der Waals surface area (Å²) < 4.78 is 16.6. The molecule has 0 radical (unpaired) electrons. The molecule has 0 bridgehead atoms. The molecule has 80 valence electrons. The molecule has 0 aromatic rings. The van der Waals surface area contributed by atoms with Crippen LogP contribution < -0.4 is 0 Å². The van der Waals surface area contributed by atoms with E-state index in [9.17, 15) is 0 Å². The summed E-state index contributed by atoms with van der Waals surface area (Å²) in [6.07, 6.45) is 0. The minimum absolute atomic E-state index is 0.417. The van der Waals surface area contributed by atoms with Crippen LogP contribution in [0.1, 0.15) is 6.92 Å². The molecule has 0 aromatic heterocycles. The average Bonchev–Trinajstić information content (AvgIpc) is 2.15. The standard InChI is InChI=1S/C8H22O3Si2/c1-8(12(5,6)9-2)13(7,10-3)11-4/h8H,1-7H3. The molecule has 0 fully saturated rings. The molecule has 0 N–H and O–H groups in total. The Hall–Kier alpha value is 0.314. The topological polar surface area (TPSA) is 27.7 Å². The maximum Gasteiger partial charge on any atom is 0.336 e. The van der Waals surface area contributed by atoms with E-state index in [1.165, 1.54) is 0 Å².